The van der Waals surface area contributed by atoms with Crippen LogP contribution in [0.5, 0.6) is 0 Å². The molecular formula is C22H24N4O2. The van der Waals surface area contributed by atoms with Gasteiger partial charge in [0.25, 0.3) is 11.5 Å². The lowest BCUT2D eigenvalue weighted by molar-refractivity contribution is 0.0949. The average molecular weight is 376 g/mol. The highest BCUT2D eigenvalue weighted by molar-refractivity contribution is 6.05. The Balaban J connectivity index is 1.91. The van der Waals surface area contributed by atoms with Crippen LogP contribution in [-0.2, 0) is 6.54 Å². The van der Waals surface area contributed by atoms with Gasteiger partial charge in [-0.1, -0.05) is 55.3 Å². The Bertz CT molecular complexity index is 1100. The number of fused-ring (bicyclic) bond motifs is 1. The number of benzene rings is 2. The van der Waals surface area contributed by atoms with E-state index in [2.05, 4.69) is 21.7 Å². The van der Waals surface area contributed by atoms with Crippen molar-refractivity contribution in [2.75, 3.05) is 0 Å². The van der Waals surface area contributed by atoms with Crippen molar-refractivity contribution in [1.82, 2.24) is 15.2 Å². The number of aryl methyl sites for hydroxylation is 3. The number of nitrogens with one attached hydrogen (secondary N) is 1. The van der Waals surface area contributed by atoms with Crippen LogP contribution in [0.3, 0.4) is 0 Å². The molecule has 144 valence electrons. The van der Waals surface area contributed by atoms with E-state index >= 15 is 0 Å². The third-order valence-corrected chi connectivity index (χ3v) is 4.60. The lowest BCUT2D eigenvalue weighted by Crippen LogP contribution is -2.29. The van der Waals surface area contributed by atoms with Crippen molar-refractivity contribution in [2.45, 2.75) is 40.2 Å². The number of nitrogens with zero attached hydrogens (tertiary/aromatic N) is 3. The Hall–Kier alpha value is -3.28. The van der Waals surface area contributed by atoms with Crippen molar-refractivity contribution in [2.24, 2.45) is 5.10 Å². The van der Waals surface area contributed by atoms with Gasteiger partial charge in [-0.15, -0.1) is 0 Å². The summed E-state index contributed by atoms with van der Waals surface area (Å²) in [4.78, 5) is 25.3. The highest BCUT2D eigenvalue weighted by Crippen LogP contribution is 2.13. The maximum absolute atomic E-state index is 12.7. The smallest absolute Gasteiger partial charge is 0.267 e. The molecule has 0 fully saturated rings. The first kappa shape index (κ1) is 19.5. The number of aromatic nitrogens is 2. The minimum absolute atomic E-state index is 0.181. The molecule has 6 heteroatoms. The molecule has 1 amide bonds. The Labute approximate surface area is 163 Å². The van der Waals surface area contributed by atoms with Gasteiger partial charge in [-0.25, -0.2) is 10.1 Å². The lowest BCUT2D eigenvalue weighted by Gasteiger charge is -2.09. The monoisotopic (exact) mass is 376 g/mol. The fraction of sp³-hybridized carbons (Fsp3) is 0.273. The van der Waals surface area contributed by atoms with Gasteiger partial charge in [-0.3, -0.25) is 9.59 Å². The van der Waals surface area contributed by atoms with Crippen molar-refractivity contribution >= 4 is 22.9 Å². The van der Waals surface area contributed by atoms with Crippen LogP contribution < -0.4 is 11.0 Å². The molecule has 6 nitrogen and oxygen atoms in total. The second kappa shape index (κ2) is 8.61. The highest BCUT2D eigenvalue weighted by Gasteiger charge is 2.16. The molecule has 0 radical (unpaired) electrons. The molecule has 1 aromatic heterocycles. The van der Waals surface area contributed by atoms with Crippen LogP contribution in [0.1, 0.15) is 46.9 Å². The van der Waals surface area contributed by atoms with E-state index < -0.39 is 5.91 Å². The predicted molar refractivity (Wildman–Crippen MR) is 112 cm³/mol. The zero-order valence-corrected chi connectivity index (χ0v) is 16.4. The van der Waals surface area contributed by atoms with E-state index in [-0.39, 0.29) is 11.3 Å². The Morgan fingerprint density at radius 2 is 1.93 bits per heavy atom. The van der Waals surface area contributed by atoms with Gasteiger partial charge in [0, 0.05) is 11.9 Å². The lowest BCUT2D eigenvalue weighted by atomic mass is 10.1. The number of hydrazone groups is 1. The summed E-state index contributed by atoms with van der Waals surface area (Å²) in [5.74, 6) is -0.442. The molecule has 2 aromatic carbocycles. The first-order chi connectivity index (χ1) is 13.5. The number of carbonyl (C=O) groups excluding carboxylic acids is 1. The number of carbonyl (C=O) groups is 1. The standard InChI is InChI=1S/C22H24N4O2/c1-4-5-12-26-22(28)19-9-7-6-8-18(19)20(25-26)21(27)24-23-14-17-11-10-15(2)13-16(17)3/h6-11,13-14H,4-5,12H2,1-3H3,(H,24,27)/b23-14-. The SMILES string of the molecule is CCCCn1nc(C(=O)N/N=C\c2ccc(C)cc2C)c2ccccc2c1=O. The maximum Gasteiger partial charge on any atom is 0.292 e. The van der Waals surface area contributed by atoms with Gasteiger partial charge in [0.1, 0.15) is 0 Å². The fourth-order valence-corrected chi connectivity index (χ4v) is 3.05. The molecule has 0 saturated heterocycles. The quantitative estimate of drug-likeness (QED) is 0.528. The van der Waals surface area contributed by atoms with E-state index in [1.54, 1.807) is 30.5 Å². The second-order valence-corrected chi connectivity index (χ2v) is 6.84. The summed E-state index contributed by atoms with van der Waals surface area (Å²) >= 11 is 0. The first-order valence-electron chi connectivity index (χ1n) is 9.41. The van der Waals surface area contributed by atoms with Gasteiger partial charge in [-0.2, -0.15) is 10.2 Å². The summed E-state index contributed by atoms with van der Waals surface area (Å²) < 4.78 is 1.37. The van der Waals surface area contributed by atoms with E-state index in [1.807, 2.05) is 32.9 Å². The zero-order valence-electron chi connectivity index (χ0n) is 16.4. The van der Waals surface area contributed by atoms with Crippen LogP contribution >= 0.6 is 0 Å². The number of rotatable bonds is 6. The minimum atomic E-state index is -0.442. The summed E-state index contributed by atoms with van der Waals surface area (Å²) in [5.41, 5.74) is 5.73. The van der Waals surface area contributed by atoms with Crippen LogP contribution in [0.25, 0.3) is 10.8 Å². The van der Waals surface area contributed by atoms with E-state index in [9.17, 15) is 9.59 Å². The molecular weight excluding hydrogens is 352 g/mol. The van der Waals surface area contributed by atoms with Gasteiger partial charge in [0.2, 0.25) is 0 Å². The average Bonchev–Trinajstić information content (AvgIpc) is 2.69. The van der Waals surface area contributed by atoms with Gasteiger partial charge in [-0.05, 0) is 37.5 Å². The van der Waals surface area contributed by atoms with E-state index in [0.717, 1.165) is 24.0 Å². The largest absolute Gasteiger partial charge is 0.292 e. The summed E-state index contributed by atoms with van der Waals surface area (Å²) in [7, 11) is 0. The Morgan fingerprint density at radius 3 is 2.64 bits per heavy atom. The van der Waals surface area contributed by atoms with Crippen molar-refractivity contribution in [3.8, 4) is 0 Å². The van der Waals surface area contributed by atoms with Crippen LogP contribution in [0.15, 0.2) is 52.4 Å². The van der Waals surface area contributed by atoms with Crippen molar-refractivity contribution in [1.29, 1.82) is 0 Å². The molecule has 0 aliphatic rings. The molecule has 1 N–H and O–H groups in total. The minimum Gasteiger partial charge on any atom is -0.267 e. The van der Waals surface area contributed by atoms with Crippen LogP contribution in [0.2, 0.25) is 0 Å². The first-order valence-corrected chi connectivity index (χ1v) is 9.41. The molecule has 0 aliphatic carbocycles. The third kappa shape index (κ3) is 4.17. The number of amides is 1. The summed E-state index contributed by atoms with van der Waals surface area (Å²) in [6, 6.07) is 13.0. The van der Waals surface area contributed by atoms with Crippen molar-refractivity contribution in [3.63, 3.8) is 0 Å². The van der Waals surface area contributed by atoms with Gasteiger partial charge < -0.3 is 0 Å². The maximum atomic E-state index is 12.7. The molecule has 0 spiro atoms. The highest BCUT2D eigenvalue weighted by atomic mass is 16.2. The van der Waals surface area contributed by atoms with Crippen LogP contribution in [-0.4, -0.2) is 21.9 Å². The molecule has 3 aromatic rings. The molecule has 0 atom stereocenters. The molecule has 28 heavy (non-hydrogen) atoms. The Kier molecular flexibility index (Phi) is 5.99. The number of hydrogen-bond acceptors (Lipinski definition) is 4. The second-order valence-electron chi connectivity index (χ2n) is 6.84. The number of unbranched alkanes of at least 4 members (excludes halogenated alkanes) is 1. The molecule has 1 heterocycles. The predicted octanol–water partition coefficient (Wildman–Crippen LogP) is 3.58. The molecule has 0 bridgehead atoms. The number of hydrogen-bond donors (Lipinski definition) is 1. The Morgan fingerprint density at radius 1 is 1.18 bits per heavy atom. The van der Waals surface area contributed by atoms with E-state index in [1.165, 1.54) is 10.2 Å². The van der Waals surface area contributed by atoms with Gasteiger partial charge in [0.05, 0.1) is 11.6 Å². The van der Waals surface area contributed by atoms with Crippen molar-refractivity contribution in [3.05, 3.63) is 75.2 Å². The van der Waals surface area contributed by atoms with Crippen molar-refractivity contribution < 1.29 is 4.79 Å². The fourth-order valence-electron chi connectivity index (χ4n) is 3.05. The van der Waals surface area contributed by atoms with Crippen LogP contribution in [0, 0.1) is 13.8 Å². The summed E-state index contributed by atoms with van der Waals surface area (Å²) in [5, 5.41) is 9.40. The summed E-state index contributed by atoms with van der Waals surface area (Å²) in [6.07, 6.45) is 3.36. The third-order valence-electron chi connectivity index (χ3n) is 4.60. The molecule has 3 rings (SSSR count). The zero-order chi connectivity index (χ0) is 20.1. The molecule has 0 aliphatic heterocycles. The van der Waals surface area contributed by atoms with Crippen LogP contribution in [0.4, 0.5) is 0 Å². The van der Waals surface area contributed by atoms with E-state index in [0.29, 0.717) is 17.3 Å². The van der Waals surface area contributed by atoms with E-state index in [4.69, 9.17) is 0 Å². The summed E-state index contributed by atoms with van der Waals surface area (Å²) in [6.45, 7) is 6.54. The van der Waals surface area contributed by atoms with Gasteiger partial charge >= 0.3 is 0 Å². The van der Waals surface area contributed by atoms with Gasteiger partial charge in [0.15, 0.2) is 5.69 Å². The molecule has 0 unspecified atom stereocenters. The topological polar surface area (TPSA) is 76.3 Å². The molecule has 0 saturated carbocycles. The normalized spacial score (nSPS) is 11.2.